The summed E-state index contributed by atoms with van der Waals surface area (Å²) in [4.78, 5) is 0. The highest BCUT2D eigenvalue weighted by Gasteiger charge is 2.12. The highest BCUT2D eigenvalue weighted by Crippen LogP contribution is 2.07. The van der Waals surface area contributed by atoms with Gasteiger partial charge in [-0.25, -0.2) is 0 Å². The van der Waals surface area contributed by atoms with Crippen LogP contribution in [0.3, 0.4) is 0 Å². The van der Waals surface area contributed by atoms with Crippen molar-refractivity contribution in [3.8, 4) is 0 Å². The van der Waals surface area contributed by atoms with E-state index in [1.807, 2.05) is 20.8 Å². The van der Waals surface area contributed by atoms with Gasteiger partial charge in [-0.1, -0.05) is 0 Å². The molecule has 0 aliphatic rings. The van der Waals surface area contributed by atoms with E-state index in [0.717, 1.165) is 19.4 Å². The summed E-state index contributed by atoms with van der Waals surface area (Å²) in [6.07, 6.45) is 1.97. The lowest BCUT2D eigenvalue weighted by molar-refractivity contribution is -0.0114. The fraction of sp³-hybridized carbons (Fsp3) is 1.00. The van der Waals surface area contributed by atoms with Crippen LogP contribution in [0.5, 0.6) is 0 Å². The van der Waals surface area contributed by atoms with E-state index in [2.05, 4.69) is 0 Å². The lowest BCUT2D eigenvalue weighted by atomic mass is 10.1. The van der Waals surface area contributed by atoms with Crippen molar-refractivity contribution >= 4 is 0 Å². The molecule has 0 aromatic carbocycles. The Balaban J connectivity index is 3.35. The predicted molar refractivity (Wildman–Crippen MR) is 54.8 cm³/mol. The summed E-state index contributed by atoms with van der Waals surface area (Å²) in [5, 5.41) is 0. The van der Waals surface area contributed by atoms with Gasteiger partial charge >= 0.3 is 0 Å². The van der Waals surface area contributed by atoms with Gasteiger partial charge < -0.3 is 15.2 Å². The molecule has 0 amide bonds. The van der Waals surface area contributed by atoms with Crippen LogP contribution in [-0.4, -0.2) is 32.0 Å². The van der Waals surface area contributed by atoms with Gasteiger partial charge in [0.15, 0.2) is 0 Å². The average molecular weight is 189 g/mol. The Labute approximate surface area is 81.6 Å². The van der Waals surface area contributed by atoms with Crippen molar-refractivity contribution in [1.29, 1.82) is 0 Å². The molecule has 1 atom stereocenters. The first-order chi connectivity index (χ1) is 5.95. The van der Waals surface area contributed by atoms with Crippen LogP contribution in [0, 0.1) is 0 Å². The molecule has 0 aromatic rings. The maximum atomic E-state index is 5.84. The summed E-state index contributed by atoms with van der Waals surface area (Å²) in [5.41, 5.74) is 5.76. The number of rotatable bonds is 6. The molecule has 0 heterocycles. The topological polar surface area (TPSA) is 44.5 Å². The summed E-state index contributed by atoms with van der Waals surface area (Å²) < 4.78 is 10.5. The molecular formula is C10H23NO2. The Morgan fingerprint density at radius 1 is 1.31 bits per heavy atom. The van der Waals surface area contributed by atoms with Crippen LogP contribution in [0.1, 0.15) is 33.6 Å². The van der Waals surface area contributed by atoms with Crippen LogP contribution in [0.2, 0.25) is 0 Å². The standard InChI is InChI=1S/C10H23NO2/c1-10(2,3)13-8-9(11)6-5-7-12-4/h9H,5-8,11H2,1-4H3. The Morgan fingerprint density at radius 2 is 1.92 bits per heavy atom. The maximum Gasteiger partial charge on any atom is 0.0624 e. The van der Waals surface area contributed by atoms with E-state index in [1.165, 1.54) is 0 Å². The molecule has 0 fully saturated rings. The maximum absolute atomic E-state index is 5.84. The van der Waals surface area contributed by atoms with Gasteiger partial charge in [-0.2, -0.15) is 0 Å². The number of nitrogens with two attached hydrogens (primary N) is 1. The number of hydrogen-bond donors (Lipinski definition) is 1. The molecule has 0 aromatic heterocycles. The number of hydrogen-bond acceptors (Lipinski definition) is 3. The zero-order valence-electron chi connectivity index (χ0n) is 9.30. The van der Waals surface area contributed by atoms with Crippen molar-refractivity contribution in [1.82, 2.24) is 0 Å². The first-order valence-electron chi connectivity index (χ1n) is 4.84. The fourth-order valence-corrected chi connectivity index (χ4v) is 0.930. The van der Waals surface area contributed by atoms with Crippen molar-refractivity contribution < 1.29 is 9.47 Å². The van der Waals surface area contributed by atoms with E-state index in [9.17, 15) is 0 Å². The summed E-state index contributed by atoms with van der Waals surface area (Å²) >= 11 is 0. The Kier molecular flexibility index (Phi) is 6.29. The average Bonchev–Trinajstić information content (AvgIpc) is 2.00. The molecule has 0 saturated heterocycles. The largest absolute Gasteiger partial charge is 0.385 e. The van der Waals surface area contributed by atoms with Crippen molar-refractivity contribution in [2.75, 3.05) is 20.3 Å². The molecule has 0 bridgehead atoms. The van der Waals surface area contributed by atoms with Gasteiger partial charge in [-0.05, 0) is 33.6 Å². The quantitative estimate of drug-likeness (QED) is 0.645. The first kappa shape index (κ1) is 12.9. The molecule has 2 N–H and O–H groups in total. The van der Waals surface area contributed by atoms with E-state index in [4.69, 9.17) is 15.2 Å². The molecule has 0 aliphatic heterocycles. The highest BCUT2D eigenvalue weighted by molar-refractivity contribution is 4.65. The second-order valence-corrected chi connectivity index (χ2v) is 4.32. The van der Waals surface area contributed by atoms with Gasteiger partial charge in [0.1, 0.15) is 0 Å². The molecule has 3 nitrogen and oxygen atoms in total. The van der Waals surface area contributed by atoms with Crippen molar-refractivity contribution in [2.24, 2.45) is 5.73 Å². The lowest BCUT2D eigenvalue weighted by Crippen LogP contribution is -2.32. The third kappa shape index (κ3) is 9.80. The van der Waals surface area contributed by atoms with Crippen LogP contribution in [0.4, 0.5) is 0 Å². The van der Waals surface area contributed by atoms with Gasteiger partial charge in [0.25, 0.3) is 0 Å². The van der Waals surface area contributed by atoms with Crippen LogP contribution >= 0.6 is 0 Å². The summed E-state index contributed by atoms with van der Waals surface area (Å²) in [6.45, 7) is 7.52. The number of methoxy groups -OCH3 is 1. The normalized spacial score (nSPS) is 14.5. The molecule has 0 aliphatic carbocycles. The molecule has 3 heteroatoms. The Hall–Kier alpha value is -0.120. The molecule has 0 radical (unpaired) electrons. The van der Waals surface area contributed by atoms with E-state index < -0.39 is 0 Å². The van der Waals surface area contributed by atoms with Crippen LogP contribution < -0.4 is 5.73 Å². The lowest BCUT2D eigenvalue weighted by Gasteiger charge is -2.22. The van der Waals surface area contributed by atoms with Crippen molar-refractivity contribution in [2.45, 2.75) is 45.3 Å². The molecular weight excluding hydrogens is 166 g/mol. The Morgan fingerprint density at radius 3 is 2.38 bits per heavy atom. The van der Waals surface area contributed by atoms with Gasteiger partial charge in [-0.15, -0.1) is 0 Å². The van der Waals surface area contributed by atoms with E-state index in [1.54, 1.807) is 7.11 Å². The third-order valence-electron chi connectivity index (χ3n) is 1.65. The first-order valence-corrected chi connectivity index (χ1v) is 4.84. The van der Waals surface area contributed by atoms with Crippen LogP contribution in [-0.2, 0) is 9.47 Å². The SMILES string of the molecule is COCCCC(N)COC(C)(C)C. The van der Waals surface area contributed by atoms with E-state index >= 15 is 0 Å². The number of ether oxygens (including phenoxy) is 2. The smallest absolute Gasteiger partial charge is 0.0624 e. The minimum absolute atomic E-state index is 0.0844. The summed E-state index contributed by atoms with van der Waals surface area (Å²) in [5.74, 6) is 0. The molecule has 0 rings (SSSR count). The summed E-state index contributed by atoms with van der Waals surface area (Å²) in [7, 11) is 1.71. The minimum atomic E-state index is -0.0844. The van der Waals surface area contributed by atoms with Gasteiger partial charge in [0.05, 0.1) is 12.2 Å². The van der Waals surface area contributed by atoms with Crippen LogP contribution in [0.15, 0.2) is 0 Å². The fourth-order valence-electron chi connectivity index (χ4n) is 0.930. The van der Waals surface area contributed by atoms with E-state index in [0.29, 0.717) is 6.61 Å². The van der Waals surface area contributed by atoms with Gasteiger partial charge in [0, 0.05) is 19.8 Å². The second kappa shape index (κ2) is 6.35. The molecule has 0 spiro atoms. The molecule has 13 heavy (non-hydrogen) atoms. The van der Waals surface area contributed by atoms with Crippen LogP contribution in [0.25, 0.3) is 0 Å². The minimum Gasteiger partial charge on any atom is -0.385 e. The zero-order chi connectivity index (χ0) is 10.3. The second-order valence-electron chi connectivity index (χ2n) is 4.32. The van der Waals surface area contributed by atoms with Crippen molar-refractivity contribution in [3.63, 3.8) is 0 Å². The van der Waals surface area contributed by atoms with Gasteiger partial charge in [-0.3, -0.25) is 0 Å². The third-order valence-corrected chi connectivity index (χ3v) is 1.65. The molecule has 1 unspecified atom stereocenters. The van der Waals surface area contributed by atoms with Crippen molar-refractivity contribution in [3.05, 3.63) is 0 Å². The van der Waals surface area contributed by atoms with E-state index in [-0.39, 0.29) is 11.6 Å². The Bertz CT molecular complexity index is 121. The monoisotopic (exact) mass is 189 g/mol. The predicted octanol–water partition coefficient (Wildman–Crippen LogP) is 1.56. The molecule has 0 saturated carbocycles. The molecule has 80 valence electrons. The van der Waals surface area contributed by atoms with Gasteiger partial charge in [0.2, 0.25) is 0 Å². The zero-order valence-corrected chi connectivity index (χ0v) is 9.30. The summed E-state index contributed by atoms with van der Waals surface area (Å²) in [6, 6.07) is 0.134. The highest BCUT2D eigenvalue weighted by atomic mass is 16.5.